The Hall–Kier alpha value is -3.33. The molecule has 1 N–H and O–H groups in total. The molecule has 2 aliphatic rings. The Morgan fingerprint density at radius 2 is 1.30 bits per heavy atom. The lowest BCUT2D eigenvalue weighted by Gasteiger charge is -2.45. The van der Waals surface area contributed by atoms with Gasteiger partial charge in [0.1, 0.15) is 0 Å². The Morgan fingerprint density at radius 3 is 1.82 bits per heavy atom. The molecule has 1 aliphatic heterocycles. The van der Waals surface area contributed by atoms with Gasteiger partial charge in [0.05, 0.1) is 22.6 Å². The molecule has 1 aliphatic carbocycles. The molecule has 0 bridgehead atoms. The summed E-state index contributed by atoms with van der Waals surface area (Å²) in [6.07, 6.45) is -4.67. The Bertz CT molecular complexity index is 1360. The fourth-order valence-corrected chi connectivity index (χ4v) is 7.00. The maximum Gasteiger partial charge on any atom is 0.416 e. The molecule has 1 atom stereocenters. The van der Waals surface area contributed by atoms with Crippen molar-refractivity contribution in [2.45, 2.75) is 75.8 Å². The van der Waals surface area contributed by atoms with Crippen LogP contribution in [0.5, 0.6) is 0 Å². The van der Waals surface area contributed by atoms with Gasteiger partial charge < -0.3 is 5.32 Å². The predicted octanol–water partition coefficient (Wildman–Crippen LogP) is 8.94. The third-order valence-electron chi connectivity index (χ3n) is 9.62. The van der Waals surface area contributed by atoms with E-state index in [4.69, 9.17) is 0 Å². The van der Waals surface area contributed by atoms with Crippen molar-refractivity contribution in [1.82, 2.24) is 10.2 Å². The summed E-state index contributed by atoms with van der Waals surface area (Å²) in [7, 11) is 0. The van der Waals surface area contributed by atoms with Crippen LogP contribution in [0.3, 0.4) is 0 Å². The number of halogens is 6. The lowest BCUT2D eigenvalue weighted by Crippen LogP contribution is -2.50. The molecule has 0 spiro atoms. The molecule has 1 heterocycles. The van der Waals surface area contributed by atoms with E-state index in [9.17, 15) is 31.1 Å². The molecular formula is C35H38F6N2O. The van der Waals surface area contributed by atoms with Crippen LogP contribution in [0.4, 0.5) is 26.3 Å². The molecule has 1 amide bonds. The van der Waals surface area contributed by atoms with Gasteiger partial charge >= 0.3 is 12.4 Å². The van der Waals surface area contributed by atoms with Crippen LogP contribution < -0.4 is 5.32 Å². The zero-order valence-electron chi connectivity index (χ0n) is 24.7. The van der Waals surface area contributed by atoms with Crippen LogP contribution in [0.25, 0.3) is 0 Å². The zero-order chi connectivity index (χ0) is 31.5. The van der Waals surface area contributed by atoms with Gasteiger partial charge in [-0.2, -0.15) is 26.3 Å². The number of amides is 1. The minimum absolute atomic E-state index is 0.0903. The third kappa shape index (κ3) is 7.48. The van der Waals surface area contributed by atoms with Crippen LogP contribution in [0.1, 0.15) is 79.2 Å². The number of nitrogens with one attached hydrogen (secondary N) is 1. The Balaban J connectivity index is 1.29. The molecule has 2 fully saturated rings. The molecule has 0 radical (unpaired) electrons. The van der Waals surface area contributed by atoms with E-state index in [0.717, 1.165) is 50.9 Å². The molecule has 0 aromatic heterocycles. The Kier molecular flexibility index (Phi) is 9.44. The zero-order valence-corrected chi connectivity index (χ0v) is 24.7. The smallest absolute Gasteiger partial charge is 0.346 e. The molecule has 44 heavy (non-hydrogen) atoms. The van der Waals surface area contributed by atoms with Gasteiger partial charge in [0.25, 0.3) is 0 Å². The monoisotopic (exact) mass is 616 g/mol. The van der Waals surface area contributed by atoms with E-state index >= 15 is 0 Å². The van der Waals surface area contributed by atoms with E-state index in [1.165, 1.54) is 12.5 Å². The number of hydrogen-bond acceptors (Lipinski definition) is 2. The first kappa shape index (κ1) is 32.1. The number of carbonyl (C=O) groups is 1. The highest BCUT2D eigenvalue weighted by molar-refractivity contribution is 5.84. The second-order valence-corrected chi connectivity index (χ2v) is 12.4. The summed E-state index contributed by atoms with van der Waals surface area (Å²) in [4.78, 5) is 16.1. The average molecular weight is 617 g/mol. The molecule has 3 aromatic carbocycles. The maximum absolute atomic E-state index is 13.6. The van der Waals surface area contributed by atoms with Gasteiger partial charge in [-0.15, -0.1) is 0 Å². The van der Waals surface area contributed by atoms with E-state index in [1.54, 1.807) is 0 Å². The second-order valence-electron chi connectivity index (χ2n) is 12.4. The quantitative estimate of drug-likeness (QED) is 0.269. The van der Waals surface area contributed by atoms with E-state index in [2.05, 4.69) is 34.5 Å². The van der Waals surface area contributed by atoms with Crippen LogP contribution in [0.2, 0.25) is 0 Å². The standard InChI is InChI=1S/C35H38F6N2O/c1-24(28-20-30(34(36,37)38)22-31(21-28)35(39,40)41)32(44)42-33(29-10-6-3-7-11-29)16-12-26(13-17-33)27-14-18-43(19-15-27)23-25-8-4-2-5-9-25/h2-11,20-22,24,26-27H,12-19,23H2,1H3,(H,42,44)/t24?,26-,33-. The Morgan fingerprint density at radius 1 is 0.795 bits per heavy atom. The van der Waals surface area contributed by atoms with Crippen LogP contribution in [0.15, 0.2) is 78.9 Å². The molecular weight excluding hydrogens is 578 g/mol. The molecule has 5 rings (SSSR count). The summed E-state index contributed by atoms with van der Waals surface area (Å²) in [6, 6.07) is 21.3. The van der Waals surface area contributed by atoms with Crippen LogP contribution in [-0.4, -0.2) is 23.9 Å². The molecule has 1 unspecified atom stereocenters. The van der Waals surface area contributed by atoms with Gasteiger partial charge in [-0.1, -0.05) is 60.7 Å². The van der Waals surface area contributed by atoms with Gasteiger partial charge in [0.2, 0.25) is 5.91 Å². The minimum Gasteiger partial charge on any atom is -0.346 e. The number of likely N-dealkylation sites (tertiary alicyclic amines) is 1. The number of rotatable bonds is 7. The lowest BCUT2D eigenvalue weighted by molar-refractivity contribution is -0.143. The Labute approximate surface area is 254 Å². The number of nitrogens with zero attached hydrogens (tertiary/aromatic N) is 1. The average Bonchev–Trinajstić information content (AvgIpc) is 3.01. The highest BCUT2D eigenvalue weighted by Crippen LogP contribution is 2.45. The lowest BCUT2D eigenvalue weighted by atomic mass is 9.67. The van der Waals surface area contributed by atoms with Crippen LogP contribution in [-0.2, 0) is 29.2 Å². The minimum atomic E-state index is -4.98. The van der Waals surface area contributed by atoms with Crippen molar-refractivity contribution in [3.8, 4) is 0 Å². The number of hydrogen-bond donors (Lipinski definition) is 1. The maximum atomic E-state index is 13.6. The van der Waals surface area contributed by atoms with Crippen LogP contribution in [0, 0.1) is 11.8 Å². The first-order valence-corrected chi connectivity index (χ1v) is 15.3. The van der Waals surface area contributed by atoms with Crippen molar-refractivity contribution < 1.29 is 31.1 Å². The van der Waals surface area contributed by atoms with Gasteiger partial charge in [-0.3, -0.25) is 9.69 Å². The first-order chi connectivity index (χ1) is 20.8. The highest BCUT2D eigenvalue weighted by atomic mass is 19.4. The summed E-state index contributed by atoms with van der Waals surface area (Å²) >= 11 is 0. The van der Waals surface area contributed by atoms with E-state index in [1.807, 2.05) is 36.4 Å². The van der Waals surface area contributed by atoms with Crippen molar-refractivity contribution in [3.63, 3.8) is 0 Å². The van der Waals surface area contributed by atoms with Gasteiger partial charge in [0, 0.05) is 6.54 Å². The number of benzene rings is 3. The molecule has 1 saturated carbocycles. The van der Waals surface area contributed by atoms with Crippen molar-refractivity contribution in [2.75, 3.05) is 13.1 Å². The predicted molar refractivity (Wildman–Crippen MR) is 158 cm³/mol. The normalized spacial score (nSPS) is 22.8. The van der Waals surface area contributed by atoms with Crippen molar-refractivity contribution >= 4 is 5.91 Å². The molecule has 9 heteroatoms. The van der Waals surface area contributed by atoms with E-state index in [-0.39, 0.29) is 11.6 Å². The number of carbonyl (C=O) groups excluding carboxylic acids is 1. The van der Waals surface area contributed by atoms with Crippen molar-refractivity contribution in [2.24, 2.45) is 11.8 Å². The summed E-state index contributed by atoms with van der Waals surface area (Å²) in [5, 5.41) is 3.11. The van der Waals surface area contributed by atoms with Gasteiger partial charge in [0.15, 0.2) is 0 Å². The van der Waals surface area contributed by atoms with E-state index in [0.29, 0.717) is 36.8 Å². The fourth-order valence-electron chi connectivity index (χ4n) is 7.00. The fraction of sp³-hybridized carbons (Fsp3) is 0.457. The summed E-state index contributed by atoms with van der Waals surface area (Å²) in [5.74, 6) is -0.728. The van der Waals surface area contributed by atoms with Crippen molar-refractivity contribution in [3.05, 3.63) is 107 Å². The molecule has 3 aromatic rings. The first-order valence-electron chi connectivity index (χ1n) is 15.3. The third-order valence-corrected chi connectivity index (χ3v) is 9.62. The SMILES string of the molecule is CC(C(=O)N[C@]1(c2ccccc2)CC[C@@H](C2CCN(Cc3ccccc3)CC2)CC1)c1cc(C(F)(F)F)cc(C(F)(F)F)c1. The molecule has 236 valence electrons. The number of piperidine rings is 1. The van der Waals surface area contributed by atoms with Crippen LogP contribution >= 0.6 is 0 Å². The largest absolute Gasteiger partial charge is 0.416 e. The number of alkyl halides is 6. The highest BCUT2D eigenvalue weighted by Gasteiger charge is 2.42. The summed E-state index contributed by atoms with van der Waals surface area (Å²) < 4.78 is 81.0. The summed E-state index contributed by atoms with van der Waals surface area (Å²) in [5.41, 5.74) is -1.70. The van der Waals surface area contributed by atoms with Crippen molar-refractivity contribution in [1.29, 1.82) is 0 Å². The molecule has 3 nitrogen and oxygen atoms in total. The van der Waals surface area contributed by atoms with Gasteiger partial charge in [-0.25, -0.2) is 0 Å². The molecule has 1 saturated heterocycles. The topological polar surface area (TPSA) is 32.3 Å². The van der Waals surface area contributed by atoms with Gasteiger partial charge in [-0.05, 0) is 105 Å². The van der Waals surface area contributed by atoms with E-state index < -0.39 is 40.8 Å². The second kappa shape index (κ2) is 13.0. The summed E-state index contributed by atoms with van der Waals surface area (Å²) in [6.45, 7) is 4.37.